The monoisotopic (exact) mass is 1020 g/mol. The molecule has 5 heteroatoms. The molecule has 0 unspecified atom stereocenters. The first kappa shape index (κ1) is 70.3. The molecular weight excluding hydrogens is 888 g/mol. The number of rotatable bonds is 63. The lowest BCUT2D eigenvalue weighted by atomic mass is 10.1. The van der Waals surface area contributed by atoms with Crippen molar-refractivity contribution in [3.63, 3.8) is 0 Å². The summed E-state index contributed by atoms with van der Waals surface area (Å²) in [6.07, 6.45) is 85.4. The Balaban J connectivity index is 4.15. The van der Waals surface area contributed by atoms with Crippen LogP contribution in [-0.4, -0.2) is 19.8 Å². The average molecular weight is 1020 g/mol. The zero-order chi connectivity index (χ0) is 51.2. The Hall–Kier alpha value is -0.670. The van der Waals surface area contributed by atoms with E-state index in [0.717, 1.165) is 38.5 Å². The second kappa shape index (κ2) is 63.6. The van der Waals surface area contributed by atoms with Crippen molar-refractivity contribution in [2.24, 2.45) is 0 Å². The van der Waals surface area contributed by atoms with Crippen LogP contribution in [0, 0.1) is 0 Å². The fourth-order valence-corrected chi connectivity index (χ4v) is 11.1. The molecule has 0 amide bonds. The molecule has 0 bridgehead atoms. The van der Waals surface area contributed by atoms with Gasteiger partial charge in [-0.05, 0) is 96.3 Å². The normalized spacial score (nSPS) is 12.3. The third-order valence-electron chi connectivity index (χ3n) is 14.7. The van der Waals surface area contributed by atoms with Crippen LogP contribution < -0.4 is 0 Å². The molecule has 0 aliphatic carbocycles. The van der Waals surface area contributed by atoms with Gasteiger partial charge in [0.15, 0.2) is 0 Å². The van der Waals surface area contributed by atoms with Gasteiger partial charge < -0.3 is 0 Å². The topological polar surface area (TPSA) is 44.8 Å². The van der Waals surface area contributed by atoms with Gasteiger partial charge in [0, 0.05) is 0 Å². The van der Waals surface area contributed by atoms with Crippen molar-refractivity contribution < 1.29 is 18.1 Å². The minimum atomic E-state index is -3.52. The highest BCUT2D eigenvalue weighted by atomic mass is 31.2. The van der Waals surface area contributed by atoms with E-state index >= 15 is 0 Å². The summed E-state index contributed by atoms with van der Waals surface area (Å²) in [7, 11) is -3.52. The number of hydrogen-bond donors (Lipinski definition) is 0. The molecule has 0 aromatic rings. The van der Waals surface area contributed by atoms with Crippen LogP contribution >= 0.6 is 7.82 Å². The van der Waals surface area contributed by atoms with E-state index in [1.54, 1.807) is 0 Å². The van der Waals surface area contributed by atoms with Crippen molar-refractivity contribution in [3.05, 3.63) is 36.5 Å². The minimum absolute atomic E-state index is 0.469. The molecule has 0 N–H and O–H groups in total. The van der Waals surface area contributed by atoms with E-state index in [2.05, 4.69) is 57.2 Å². The van der Waals surface area contributed by atoms with Gasteiger partial charge in [-0.25, -0.2) is 4.57 Å². The van der Waals surface area contributed by atoms with Crippen LogP contribution in [0.5, 0.6) is 0 Å². The molecule has 71 heavy (non-hydrogen) atoms. The molecule has 0 rings (SSSR count). The van der Waals surface area contributed by atoms with E-state index in [1.807, 2.05) is 0 Å². The van der Waals surface area contributed by atoms with Gasteiger partial charge in [-0.3, -0.25) is 13.6 Å². The highest BCUT2D eigenvalue weighted by Crippen LogP contribution is 2.50. The Morgan fingerprint density at radius 2 is 0.352 bits per heavy atom. The molecule has 0 spiro atoms. The molecule has 0 aromatic carbocycles. The predicted molar refractivity (Wildman–Crippen MR) is 319 cm³/mol. The van der Waals surface area contributed by atoms with E-state index in [9.17, 15) is 4.57 Å². The van der Waals surface area contributed by atoms with Gasteiger partial charge in [-0.2, -0.15) is 0 Å². The Kier molecular flexibility index (Phi) is 63.0. The molecule has 0 saturated carbocycles. The zero-order valence-electron chi connectivity index (χ0n) is 48.8. The Labute approximate surface area is 447 Å². The van der Waals surface area contributed by atoms with Crippen molar-refractivity contribution in [1.29, 1.82) is 0 Å². The predicted octanol–water partition coefficient (Wildman–Crippen LogP) is 24.9. The maximum Gasteiger partial charge on any atom is 0.474 e. The highest BCUT2D eigenvalue weighted by Gasteiger charge is 2.26. The minimum Gasteiger partial charge on any atom is -0.287 e. The summed E-state index contributed by atoms with van der Waals surface area (Å²) in [6.45, 7) is 8.28. The molecular formula is C66H129O4P. The number of allylic oxidation sites excluding steroid dienone is 6. The van der Waals surface area contributed by atoms with E-state index in [1.165, 1.54) is 308 Å². The molecule has 0 radical (unpaired) electrons. The molecule has 0 aromatic heterocycles. The van der Waals surface area contributed by atoms with Crippen LogP contribution in [0.15, 0.2) is 36.5 Å². The molecule has 0 aliphatic rings. The first-order valence-corrected chi connectivity index (χ1v) is 34.1. The smallest absolute Gasteiger partial charge is 0.287 e. The molecule has 0 saturated heterocycles. The average Bonchev–Trinajstić information content (AvgIpc) is 3.37. The fraction of sp³-hybridized carbons (Fsp3) is 0.909. The summed E-state index contributed by atoms with van der Waals surface area (Å²) < 4.78 is 31.6. The molecule has 422 valence electrons. The van der Waals surface area contributed by atoms with Gasteiger partial charge in [-0.15, -0.1) is 0 Å². The maximum absolute atomic E-state index is 13.7. The van der Waals surface area contributed by atoms with E-state index in [-0.39, 0.29) is 0 Å². The van der Waals surface area contributed by atoms with Crippen LogP contribution in [0.3, 0.4) is 0 Å². The second-order valence-corrected chi connectivity index (χ2v) is 23.7. The Bertz CT molecular complexity index is 968. The first-order chi connectivity index (χ1) is 35.2. The number of phosphoric ester groups is 1. The van der Waals surface area contributed by atoms with Crippen LogP contribution in [0.1, 0.15) is 367 Å². The molecule has 0 atom stereocenters. The third kappa shape index (κ3) is 61.8. The SMILES string of the molecule is CCCCCCCC/C=C\CCCCCCCCCCCCOP(=O)(OCCCCCCCCCCCC/C=C\CCCCCCCC)OCCCCCCCCCCCC/C=C\CCCCCCCC. The van der Waals surface area contributed by atoms with Gasteiger partial charge in [0.25, 0.3) is 0 Å². The lowest BCUT2D eigenvalue weighted by Gasteiger charge is -2.18. The van der Waals surface area contributed by atoms with Crippen LogP contribution in [0.25, 0.3) is 0 Å². The maximum atomic E-state index is 13.7. The van der Waals surface area contributed by atoms with Gasteiger partial charge in [0.05, 0.1) is 19.8 Å². The van der Waals surface area contributed by atoms with E-state index in [0.29, 0.717) is 19.8 Å². The molecule has 4 nitrogen and oxygen atoms in total. The van der Waals surface area contributed by atoms with Crippen molar-refractivity contribution in [1.82, 2.24) is 0 Å². The summed E-state index contributed by atoms with van der Waals surface area (Å²) in [4.78, 5) is 0. The molecule has 0 aliphatic heterocycles. The number of hydrogen-bond acceptors (Lipinski definition) is 4. The van der Waals surface area contributed by atoms with E-state index < -0.39 is 7.82 Å². The number of unbranched alkanes of at least 4 members (excludes halogenated alkanes) is 48. The van der Waals surface area contributed by atoms with Crippen molar-refractivity contribution >= 4 is 7.82 Å². The van der Waals surface area contributed by atoms with E-state index in [4.69, 9.17) is 13.6 Å². The summed E-state index contributed by atoms with van der Waals surface area (Å²) >= 11 is 0. The lowest BCUT2D eigenvalue weighted by molar-refractivity contribution is 0.108. The summed E-state index contributed by atoms with van der Waals surface area (Å²) in [5.74, 6) is 0. The molecule has 0 fully saturated rings. The van der Waals surface area contributed by atoms with Crippen LogP contribution in [0.2, 0.25) is 0 Å². The first-order valence-electron chi connectivity index (χ1n) is 32.7. The lowest BCUT2D eigenvalue weighted by Crippen LogP contribution is -2.04. The van der Waals surface area contributed by atoms with Crippen molar-refractivity contribution in [3.8, 4) is 0 Å². The van der Waals surface area contributed by atoms with Gasteiger partial charge in [0.1, 0.15) is 0 Å². The van der Waals surface area contributed by atoms with Gasteiger partial charge >= 0.3 is 7.82 Å². The zero-order valence-corrected chi connectivity index (χ0v) is 49.7. The second-order valence-electron chi connectivity index (χ2n) is 22.0. The standard InChI is InChI=1S/C66H129O4P/c1-4-7-10-13-16-19-22-25-28-31-34-37-40-43-46-49-52-55-58-61-64-68-71(67,69-65-62-59-56-53-50-47-44-41-38-35-32-29-26-23-20-17-14-11-8-5-2)70-66-63-60-57-54-51-48-45-42-39-36-33-30-27-24-21-18-15-12-9-6-3/h25-30H,4-24,31-66H2,1-3H3/b28-25-,29-26-,30-27-. The summed E-state index contributed by atoms with van der Waals surface area (Å²) in [5.41, 5.74) is 0. The van der Waals surface area contributed by atoms with Gasteiger partial charge in [0.2, 0.25) is 0 Å². The van der Waals surface area contributed by atoms with Crippen molar-refractivity contribution in [2.75, 3.05) is 19.8 Å². The summed E-state index contributed by atoms with van der Waals surface area (Å²) in [5, 5.41) is 0. The van der Waals surface area contributed by atoms with Crippen LogP contribution in [0.4, 0.5) is 0 Å². The molecule has 0 heterocycles. The van der Waals surface area contributed by atoms with Crippen LogP contribution in [-0.2, 0) is 18.1 Å². The Morgan fingerprint density at radius 1 is 0.211 bits per heavy atom. The van der Waals surface area contributed by atoms with Gasteiger partial charge in [-0.1, -0.05) is 308 Å². The number of phosphoric acid groups is 1. The fourth-order valence-electron chi connectivity index (χ4n) is 9.81. The summed E-state index contributed by atoms with van der Waals surface area (Å²) in [6, 6.07) is 0. The Morgan fingerprint density at radius 3 is 0.521 bits per heavy atom. The van der Waals surface area contributed by atoms with Crippen molar-refractivity contribution in [2.45, 2.75) is 367 Å². The largest absolute Gasteiger partial charge is 0.474 e. The third-order valence-corrected chi connectivity index (χ3v) is 16.2. The quantitative estimate of drug-likeness (QED) is 0.0346. The highest BCUT2D eigenvalue weighted by molar-refractivity contribution is 7.48.